The van der Waals surface area contributed by atoms with Crippen LogP contribution in [0.1, 0.15) is 55.6 Å². The van der Waals surface area contributed by atoms with E-state index in [1.54, 1.807) is 51.1 Å². The van der Waals surface area contributed by atoms with Gasteiger partial charge in [0.05, 0.1) is 11.6 Å². The highest BCUT2D eigenvalue weighted by molar-refractivity contribution is 5.89. The number of esters is 1. The first-order valence-corrected chi connectivity index (χ1v) is 9.71. The Kier molecular flexibility index (Phi) is 8.01. The molecule has 1 N–H and O–H groups in total. The molecule has 0 unspecified atom stereocenters. The first-order chi connectivity index (χ1) is 13.8. The Balaban J connectivity index is 2.29. The van der Waals surface area contributed by atoms with Gasteiger partial charge in [-0.3, -0.25) is 0 Å². The number of allylic oxidation sites excluding steroid dienone is 1. The minimum absolute atomic E-state index is 0.438. The average Bonchev–Trinajstić information content (AvgIpc) is 2.69. The largest absolute Gasteiger partial charge is 0.456 e. The van der Waals surface area contributed by atoms with Gasteiger partial charge in [-0.25, -0.2) is 9.59 Å². The van der Waals surface area contributed by atoms with Crippen LogP contribution in [0.15, 0.2) is 73.3 Å². The summed E-state index contributed by atoms with van der Waals surface area (Å²) < 4.78 is 11.3. The summed E-state index contributed by atoms with van der Waals surface area (Å²) in [4.78, 5) is 25.2. The summed E-state index contributed by atoms with van der Waals surface area (Å²) >= 11 is 0. The van der Waals surface area contributed by atoms with E-state index in [-0.39, 0.29) is 0 Å². The monoisotopic (exact) mass is 395 g/mol. The average molecular weight is 395 g/mol. The van der Waals surface area contributed by atoms with Crippen LogP contribution in [-0.4, -0.2) is 23.8 Å². The second-order valence-electron chi connectivity index (χ2n) is 7.71. The number of nitrogens with one attached hydrogen (secondary N) is 1. The van der Waals surface area contributed by atoms with Crippen molar-refractivity contribution in [3.63, 3.8) is 0 Å². The number of alkyl carbamates (subject to hydrolysis) is 1. The Bertz CT molecular complexity index is 797. The lowest BCUT2D eigenvalue weighted by Crippen LogP contribution is -2.41. The number of amides is 1. The van der Waals surface area contributed by atoms with Crippen LogP contribution in [0, 0.1) is 0 Å². The Morgan fingerprint density at radius 3 is 2.17 bits per heavy atom. The summed E-state index contributed by atoms with van der Waals surface area (Å²) in [5.74, 6) is -0.438. The molecular weight excluding hydrogens is 366 g/mol. The summed E-state index contributed by atoms with van der Waals surface area (Å²) in [5.41, 5.74) is 0.649. The highest BCUT2D eigenvalue weighted by atomic mass is 16.6. The van der Waals surface area contributed by atoms with Gasteiger partial charge in [-0.2, -0.15) is 0 Å². The van der Waals surface area contributed by atoms with E-state index in [0.717, 1.165) is 5.56 Å². The Labute approximate surface area is 172 Å². The molecule has 0 spiro atoms. The molecule has 5 heteroatoms. The fourth-order valence-electron chi connectivity index (χ4n) is 2.84. The standard InChI is InChI=1S/C24H29NO4/c1-5-6-17-20(28-22(26)19-15-11-8-12-16-19)21(18-13-9-7-10-14-18)25-23(27)29-24(2,3)4/h5,7-16,20-21H,1,6,17H2,2-4H3,(H,25,27)/t20-,21-/m0/s1. The van der Waals surface area contributed by atoms with Crippen LogP contribution < -0.4 is 5.32 Å². The van der Waals surface area contributed by atoms with Gasteiger partial charge >= 0.3 is 12.1 Å². The number of carbonyl (C=O) groups excluding carboxylic acids is 2. The summed E-state index contributed by atoms with van der Waals surface area (Å²) in [6.45, 7) is 9.16. The van der Waals surface area contributed by atoms with Crippen molar-refractivity contribution in [2.24, 2.45) is 0 Å². The van der Waals surface area contributed by atoms with Gasteiger partial charge in [-0.05, 0) is 51.3 Å². The predicted molar refractivity (Wildman–Crippen MR) is 114 cm³/mol. The van der Waals surface area contributed by atoms with E-state index in [2.05, 4.69) is 11.9 Å². The molecule has 0 heterocycles. The lowest BCUT2D eigenvalue weighted by Gasteiger charge is -2.29. The molecule has 0 aliphatic rings. The van der Waals surface area contributed by atoms with Crippen molar-refractivity contribution in [1.82, 2.24) is 5.32 Å². The number of rotatable bonds is 8. The van der Waals surface area contributed by atoms with Gasteiger partial charge in [-0.15, -0.1) is 6.58 Å². The minimum Gasteiger partial charge on any atom is -0.456 e. The minimum atomic E-state index is -0.636. The zero-order chi connectivity index (χ0) is 21.3. The summed E-state index contributed by atoms with van der Waals surface area (Å²) in [5, 5.41) is 2.88. The number of ether oxygens (including phenoxy) is 2. The first kappa shape index (κ1) is 22.2. The van der Waals surface area contributed by atoms with Crippen LogP contribution in [0.2, 0.25) is 0 Å². The maximum Gasteiger partial charge on any atom is 0.408 e. The van der Waals surface area contributed by atoms with Gasteiger partial charge in [0.15, 0.2) is 0 Å². The molecule has 0 fully saturated rings. The second-order valence-corrected chi connectivity index (χ2v) is 7.71. The van der Waals surface area contributed by atoms with Crippen molar-refractivity contribution in [1.29, 1.82) is 0 Å². The zero-order valence-electron chi connectivity index (χ0n) is 17.3. The van der Waals surface area contributed by atoms with Gasteiger partial charge in [0.1, 0.15) is 11.7 Å². The van der Waals surface area contributed by atoms with Crippen LogP contribution >= 0.6 is 0 Å². The molecule has 154 valence electrons. The van der Waals surface area contributed by atoms with E-state index in [1.807, 2.05) is 36.4 Å². The SMILES string of the molecule is C=CCC[C@H](OC(=O)c1ccccc1)[C@@H](NC(=O)OC(C)(C)C)c1ccccc1. The molecule has 5 nitrogen and oxygen atoms in total. The predicted octanol–water partition coefficient (Wildman–Crippen LogP) is 5.44. The summed E-state index contributed by atoms with van der Waals surface area (Å²) in [6.07, 6.45) is 1.75. The Morgan fingerprint density at radius 1 is 1.03 bits per heavy atom. The zero-order valence-corrected chi connectivity index (χ0v) is 17.3. The molecule has 0 saturated heterocycles. The third-order valence-electron chi connectivity index (χ3n) is 4.13. The highest BCUT2D eigenvalue weighted by Crippen LogP contribution is 2.25. The molecule has 29 heavy (non-hydrogen) atoms. The van der Waals surface area contributed by atoms with Crippen LogP contribution in [0.3, 0.4) is 0 Å². The van der Waals surface area contributed by atoms with Gasteiger partial charge in [0.2, 0.25) is 0 Å². The molecule has 2 atom stereocenters. The molecule has 0 aliphatic heterocycles. The van der Waals surface area contributed by atoms with Crippen molar-refractivity contribution in [2.75, 3.05) is 0 Å². The number of benzene rings is 2. The fourth-order valence-corrected chi connectivity index (χ4v) is 2.84. The fraction of sp³-hybridized carbons (Fsp3) is 0.333. The molecule has 1 amide bonds. The van der Waals surface area contributed by atoms with E-state index < -0.39 is 29.8 Å². The van der Waals surface area contributed by atoms with E-state index in [1.165, 1.54) is 0 Å². The number of hydrogen-bond acceptors (Lipinski definition) is 4. The van der Waals surface area contributed by atoms with E-state index in [4.69, 9.17) is 9.47 Å². The highest BCUT2D eigenvalue weighted by Gasteiger charge is 2.30. The molecule has 0 radical (unpaired) electrons. The van der Waals surface area contributed by atoms with Crippen molar-refractivity contribution < 1.29 is 19.1 Å². The van der Waals surface area contributed by atoms with Crippen molar-refractivity contribution in [3.05, 3.63) is 84.4 Å². The Morgan fingerprint density at radius 2 is 1.62 bits per heavy atom. The van der Waals surface area contributed by atoms with E-state index in [9.17, 15) is 9.59 Å². The summed E-state index contributed by atoms with van der Waals surface area (Å²) in [6, 6.07) is 17.7. The smallest absolute Gasteiger partial charge is 0.408 e. The van der Waals surface area contributed by atoms with Crippen molar-refractivity contribution >= 4 is 12.1 Å². The van der Waals surface area contributed by atoms with Gasteiger partial charge in [-0.1, -0.05) is 54.6 Å². The second kappa shape index (κ2) is 10.5. The maximum absolute atomic E-state index is 12.7. The quantitative estimate of drug-likeness (QED) is 0.477. The molecule has 2 aromatic rings. The van der Waals surface area contributed by atoms with Crippen molar-refractivity contribution in [3.8, 4) is 0 Å². The molecule has 0 bridgehead atoms. The molecule has 2 aromatic carbocycles. The molecule has 2 rings (SSSR count). The van der Waals surface area contributed by atoms with Gasteiger partial charge < -0.3 is 14.8 Å². The lowest BCUT2D eigenvalue weighted by molar-refractivity contribution is 0.0116. The Hall–Kier alpha value is -3.08. The molecule has 0 aliphatic carbocycles. The van der Waals surface area contributed by atoms with Crippen LogP contribution in [0.4, 0.5) is 4.79 Å². The molecule has 0 aromatic heterocycles. The number of hydrogen-bond donors (Lipinski definition) is 1. The van der Waals surface area contributed by atoms with Crippen LogP contribution in [-0.2, 0) is 9.47 Å². The first-order valence-electron chi connectivity index (χ1n) is 9.71. The molecular formula is C24H29NO4. The van der Waals surface area contributed by atoms with E-state index in [0.29, 0.717) is 18.4 Å². The van der Waals surface area contributed by atoms with E-state index >= 15 is 0 Å². The van der Waals surface area contributed by atoms with Gasteiger partial charge in [0, 0.05) is 0 Å². The third-order valence-corrected chi connectivity index (χ3v) is 4.13. The topological polar surface area (TPSA) is 64.6 Å². The van der Waals surface area contributed by atoms with Crippen LogP contribution in [0.5, 0.6) is 0 Å². The normalized spacial score (nSPS) is 13.1. The maximum atomic E-state index is 12.7. The third kappa shape index (κ3) is 7.45. The molecule has 0 saturated carbocycles. The summed E-state index contributed by atoms with van der Waals surface area (Å²) in [7, 11) is 0. The van der Waals surface area contributed by atoms with Gasteiger partial charge in [0.25, 0.3) is 0 Å². The number of carbonyl (C=O) groups is 2. The van der Waals surface area contributed by atoms with Crippen molar-refractivity contribution in [2.45, 2.75) is 51.4 Å². The van der Waals surface area contributed by atoms with Crippen LogP contribution in [0.25, 0.3) is 0 Å². The lowest BCUT2D eigenvalue weighted by atomic mass is 9.97.